The topological polar surface area (TPSA) is 105 Å². The molecule has 1 aromatic heterocycles. The van der Waals surface area contributed by atoms with Crippen LogP contribution in [0.3, 0.4) is 0 Å². The Bertz CT molecular complexity index is 493. The number of hydrogen-bond acceptors (Lipinski definition) is 4. The molecular weight excluding hydrogens is 242 g/mol. The summed E-state index contributed by atoms with van der Waals surface area (Å²) < 4.78 is 27.0. The van der Waals surface area contributed by atoms with Gasteiger partial charge in [0.1, 0.15) is 5.84 Å². The summed E-state index contributed by atoms with van der Waals surface area (Å²) in [5.74, 6) is -0.177. The molecule has 0 aromatic carbocycles. The number of rotatable bonds is 6. The number of nitrogens with zero attached hydrogens (tertiary/aromatic N) is 3. The second-order valence-corrected chi connectivity index (χ2v) is 5.54. The molecule has 0 aliphatic carbocycles. The van der Waals surface area contributed by atoms with Crippen molar-refractivity contribution in [2.24, 2.45) is 12.8 Å². The number of hydrogen-bond donors (Lipinski definition) is 2. The fraction of sp³-hybridized carbons (Fsp3) is 0.556. The smallest absolute Gasteiger partial charge is 0.260 e. The third-order valence-corrected chi connectivity index (χ3v) is 4.12. The third kappa shape index (κ3) is 3.04. The van der Waals surface area contributed by atoms with Crippen LogP contribution in [0.5, 0.6) is 0 Å². The lowest BCUT2D eigenvalue weighted by Gasteiger charge is -2.20. The Balaban J connectivity index is 3.08. The third-order valence-electron chi connectivity index (χ3n) is 2.20. The first-order valence-corrected chi connectivity index (χ1v) is 6.64. The van der Waals surface area contributed by atoms with Crippen molar-refractivity contribution in [1.82, 2.24) is 14.1 Å². The van der Waals surface area contributed by atoms with Crippen LogP contribution in [0.1, 0.15) is 13.3 Å². The second-order valence-electron chi connectivity index (χ2n) is 3.66. The maximum atomic E-state index is 12.3. The van der Waals surface area contributed by atoms with E-state index in [4.69, 9.17) is 11.1 Å². The highest BCUT2D eigenvalue weighted by Crippen LogP contribution is 2.14. The average Bonchev–Trinajstić information content (AvgIpc) is 2.63. The van der Waals surface area contributed by atoms with Gasteiger partial charge in [0, 0.05) is 13.6 Å². The molecule has 0 aliphatic rings. The number of aromatic nitrogens is 2. The fourth-order valence-electron chi connectivity index (χ4n) is 1.47. The van der Waals surface area contributed by atoms with Crippen molar-refractivity contribution < 1.29 is 8.42 Å². The lowest BCUT2D eigenvalue weighted by Crippen LogP contribution is -2.39. The van der Waals surface area contributed by atoms with Gasteiger partial charge in [-0.3, -0.25) is 10.1 Å². The summed E-state index contributed by atoms with van der Waals surface area (Å²) in [6.45, 7) is 2.10. The van der Waals surface area contributed by atoms with Gasteiger partial charge < -0.3 is 5.73 Å². The Labute approximate surface area is 101 Å². The van der Waals surface area contributed by atoms with Gasteiger partial charge in [0.2, 0.25) is 0 Å². The van der Waals surface area contributed by atoms with Crippen molar-refractivity contribution in [2.75, 3.05) is 13.1 Å². The Morgan fingerprint density at radius 1 is 1.65 bits per heavy atom. The molecule has 0 radical (unpaired) electrons. The highest BCUT2D eigenvalue weighted by atomic mass is 32.2. The Morgan fingerprint density at radius 2 is 2.29 bits per heavy atom. The van der Waals surface area contributed by atoms with E-state index >= 15 is 0 Å². The molecule has 0 saturated carbocycles. The van der Waals surface area contributed by atoms with Crippen LogP contribution in [0.4, 0.5) is 0 Å². The van der Waals surface area contributed by atoms with Crippen molar-refractivity contribution >= 4 is 15.9 Å². The standard InChI is InChI=1S/C9H17N5O2S/c1-3-6-14(7-8(10)11)17(15,16)9-4-5-12-13(9)2/h4-5H,3,6-7H2,1-2H3,(H3,10,11). The van der Waals surface area contributed by atoms with Crippen molar-refractivity contribution in [3.05, 3.63) is 12.3 Å². The van der Waals surface area contributed by atoms with Crippen molar-refractivity contribution in [1.29, 1.82) is 5.41 Å². The first-order chi connectivity index (χ1) is 7.89. The number of aryl methyl sites for hydroxylation is 1. The molecule has 0 amide bonds. The number of amidine groups is 1. The summed E-state index contributed by atoms with van der Waals surface area (Å²) in [5.41, 5.74) is 5.27. The van der Waals surface area contributed by atoms with Gasteiger partial charge in [0.15, 0.2) is 5.03 Å². The van der Waals surface area contributed by atoms with E-state index in [9.17, 15) is 8.42 Å². The zero-order valence-corrected chi connectivity index (χ0v) is 10.7. The SMILES string of the molecule is CCCN(CC(=N)N)S(=O)(=O)c1ccnn1C. The van der Waals surface area contributed by atoms with Crippen LogP contribution in [0.15, 0.2) is 17.3 Å². The number of nitrogens with one attached hydrogen (secondary N) is 1. The summed E-state index contributed by atoms with van der Waals surface area (Å²) >= 11 is 0. The van der Waals surface area contributed by atoms with Crippen molar-refractivity contribution in [3.8, 4) is 0 Å². The minimum Gasteiger partial charge on any atom is -0.387 e. The molecule has 1 aromatic rings. The van der Waals surface area contributed by atoms with Crippen LogP contribution < -0.4 is 5.73 Å². The molecule has 8 heteroatoms. The zero-order valence-electron chi connectivity index (χ0n) is 9.92. The van der Waals surface area contributed by atoms with Crippen LogP contribution in [0.2, 0.25) is 0 Å². The van der Waals surface area contributed by atoms with Gasteiger partial charge in [0.05, 0.1) is 12.7 Å². The molecule has 0 atom stereocenters. The molecule has 1 rings (SSSR count). The molecule has 0 aliphatic heterocycles. The molecule has 0 spiro atoms. The Morgan fingerprint density at radius 3 is 2.71 bits per heavy atom. The van der Waals surface area contributed by atoms with Gasteiger partial charge in [-0.05, 0) is 12.5 Å². The van der Waals surface area contributed by atoms with Gasteiger partial charge in [-0.25, -0.2) is 8.42 Å². The van der Waals surface area contributed by atoms with Gasteiger partial charge in [-0.1, -0.05) is 6.92 Å². The molecule has 1 heterocycles. The van der Waals surface area contributed by atoms with Crippen molar-refractivity contribution in [2.45, 2.75) is 18.4 Å². The average molecular weight is 259 g/mol. The van der Waals surface area contributed by atoms with E-state index in [1.54, 1.807) is 7.05 Å². The van der Waals surface area contributed by atoms with Gasteiger partial charge in [-0.2, -0.15) is 9.40 Å². The summed E-state index contributed by atoms with van der Waals surface area (Å²) in [7, 11) is -2.07. The summed E-state index contributed by atoms with van der Waals surface area (Å²) in [6, 6.07) is 1.43. The largest absolute Gasteiger partial charge is 0.387 e. The summed E-state index contributed by atoms with van der Waals surface area (Å²) in [4.78, 5) is 0. The number of sulfonamides is 1. The molecular formula is C9H17N5O2S. The first kappa shape index (κ1) is 13.7. The summed E-state index contributed by atoms with van der Waals surface area (Å²) in [5, 5.41) is 11.1. The quantitative estimate of drug-likeness (QED) is 0.543. The van der Waals surface area contributed by atoms with Crippen LogP contribution in [-0.4, -0.2) is 41.4 Å². The minimum atomic E-state index is -3.63. The van der Waals surface area contributed by atoms with Gasteiger partial charge >= 0.3 is 0 Å². The predicted octanol–water partition coefficient (Wildman–Crippen LogP) is -0.243. The normalized spacial score (nSPS) is 11.9. The molecule has 0 fully saturated rings. The Hall–Kier alpha value is -1.41. The lowest BCUT2D eigenvalue weighted by atomic mass is 10.4. The van der Waals surface area contributed by atoms with Crippen molar-refractivity contribution in [3.63, 3.8) is 0 Å². The number of nitrogens with two attached hydrogens (primary N) is 1. The van der Waals surface area contributed by atoms with Crippen LogP contribution in [0, 0.1) is 5.41 Å². The zero-order chi connectivity index (χ0) is 13.1. The van der Waals surface area contributed by atoms with E-state index in [0.29, 0.717) is 13.0 Å². The van der Waals surface area contributed by atoms with E-state index < -0.39 is 10.0 Å². The molecule has 0 saturated heterocycles. The van der Waals surface area contributed by atoms with E-state index in [-0.39, 0.29) is 17.4 Å². The van der Waals surface area contributed by atoms with E-state index in [2.05, 4.69) is 5.10 Å². The molecule has 7 nitrogen and oxygen atoms in total. The first-order valence-electron chi connectivity index (χ1n) is 5.20. The lowest BCUT2D eigenvalue weighted by molar-refractivity contribution is 0.440. The Kier molecular flexibility index (Phi) is 4.24. The molecule has 17 heavy (non-hydrogen) atoms. The summed E-state index contributed by atoms with van der Waals surface area (Å²) in [6.07, 6.45) is 2.08. The van der Waals surface area contributed by atoms with Crippen LogP contribution >= 0.6 is 0 Å². The second kappa shape index (κ2) is 5.28. The highest BCUT2D eigenvalue weighted by Gasteiger charge is 2.26. The molecule has 96 valence electrons. The van der Waals surface area contributed by atoms with E-state index in [1.807, 2.05) is 6.92 Å². The monoisotopic (exact) mass is 259 g/mol. The fourth-order valence-corrected chi connectivity index (χ4v) is 3.08. The van der Waals surface area contributed by atoms with Crippen LogP contribution in [0.25, 0.3) is 0 Å². The predicted molar refractivity (Wildman–Crippen MR) is 64.2 cm³/mol. The van der Waals surface area contributed by atoms with Crippen LogP contribution in [-0.2, 0) is 17.1 Å². The minimum absolute atomic E-state index is 0.0959. The van der Waals surface area contributed by atoms with E-state index in [0.717, 1.165) is 0 Å². The highest BCUT2D eigenvalue weighted by molar-refractivity contribution is 7.89. The van der Waals surface area contributed by atoms with E-state index in [1.165, 1.54) is 21.3 Å². The van der Waals surface area contributed by atoms with Gasteiger partial charge in [0.25, 0.3) is 10.0 Å². The molecule has 0 bridgehead atoms. The molecule has 0 unspecified atom stereocenters. The maximum Gasteiger partial charge on any atom is 0.260 e. The van der Waals surface area contributed by atoms with Gasteiger partial charge in [-0.15, -0.1) is 0 Å². The maximum absolute atomic E-state index is 12.3. The molecule has 3 N–H and O–H groups in total.